The van der Waals surface area contributed by atoms with Crippen molar-refractivity contribution in [1.82, 2.24) is 4.98 Å². The Morgan fingerprint density at radius 2 is 1.82 bits per heavy atom. The van der Waals surface area contributed by atoms with Gasteiger partial charge in [0.25, 0.3) is 0 Å². The molecule has 3 aromatic rings. The summed E-state index contributed by atoms with van der Waals surface area (Å²) < 4.78 is 10.8. The van der Waals surface area contributed by atoms with Gasteiger partial charge in [0, 0.05) is 24.1 Å². The molecule has 3 rings (SSSR count). The highest BCUT2D eigenvalue weighted by Crippen LogP contribution is 2.24. The van der Waals surface area contributed by atoms with Crippen LogP contribution in [0.15, 0.2) is 73.1 Å². The third-order valence-electron chi connectivity index (χ3n) is 4.32. The molecule has 0 aliphatic rings. The number of hydrogen-bond acceptors (Lipinski definition) is 4. The molecule has 0 aliphatic heterocycles. The van der Waals surface area contributed by atoms with Crippen LogP contribution in [0.1, 0.15) is 18.1 Å². The van der Waals surface area contributed by atoms with Crippen LogP contribution in [0.3, 0.4) is 0 Å². The number of rotatable bonds is 8. The number of carbonyl (C=O) groups is 1. The van der Waals surface area contributed by atoms with Gasteiger partial charge in [-0.3, -0.25) is 9.78 Å². The molecule has 0 aliphatic carbocycles. The third-order valence-corrected chi connectivity index (χ3v) is 4.32. The number of hydrogen-bond donors (Lipinski definition) is 0. The highest BCUT2D eigenvalue weighted by Gasteiger charge is 2.17. The Balaban J connectivity index is 1.83. The molecule has 2 aromatic carbocycles. The van der Waals surface area contributed by atoms with Crippen molar-refractivity contribution in [2.24, 2.45) is 0 Å². The number of nitrogens with zero attached hydrogens (tertiary/aromatic N) is 2. The predicted molar refractivity (Wildman–Crippen MR) is 110 cm³/mol. The van der Waals surface area contributed by atoms with Gasteiger partial charge in [-0.15, -0.1) is 0 Å². The van der Waals surface area contributed by atoms with Gasteiger partial charge in [-0.05, 0) is 48.4 Å². The highest BCUT2D eigenvalue weighted by molar-refractivity contribution is 5.94. The fraction of sp³-hybridized carbons (Fsp3) is 0.217. The summed E-state index contributed by atoms with van der Waals surface area (Å²) in [4.78, 5) is 19.1. The smallest absolute Gasteiger partial charge is 0.231 e. The van der Waals surface area contributed by atoms with E-state index in [0.717, 1.165) is 22.6 Å². The summed E-state index contributed by atoms with van der Waals surface area (Å²) in [5, 5.41) is 0. The lowest BCUT2D eigenvalue weighted by Crippen LogP contribution is -2.31. The molecule has 0 atom stereocenters. The van der Waals surface area contributed by atoms with Gasteiger partial charge in [-0.1, -0.05) is 24.3 Å². The second kappa shape index (κ2) is 9.55. The van der Waals surface area contributed by atoms with Crippen LogP contribution in [0.2, 0.25) is 0 Å². The van der Waals surface area contributed by atoms with Gasteiger partial charge in [0.15, 0.2) is 0 Å². The van der Waals surface area contributed by atoms with Crippen LogP contribution in [0.4, 0.5) is 5.69 Å². The van der Waals surface area contributed by atoms with Crippen LogP contribution in [-0.4, -0.2) is 24.6 Å². The zero-order valence-electron chi connectivity index (χ0n) is 16.2. The number of aromatic nitrogens is 1. The summed E-state index contributed by atoms with van der Waals surface area (Å²) in [5.41, 5.74) is 2.69. The number of anilines is 1. The van der Waals surface area contributed by atoms with Gasteiger partial charge in [-0.2, -0.15) is 0 Å². The predicted octanol–water partition coefficient (Wildman–Crippen LogP) is 4.26. The second-order valence-corrected chi connectivity index (χ2v) is 6.30. The first-order chi connectivity index (χ1) is 13.7. The number of carbonyl (C=O) groups excluding carboxylic acids is 1. The van der Waals surface area contributed by atoms with Crippen molar-refractivity contribution in [3.63, 3.8) is 0 Å². The minimum Gasteiger partial charge on any atom is -0.497 e. The summed E-state index contributed by atoms with van der Waals surface area (Å²) >= 11 is 0. The lowest BCUT2D eigenvalue weighted by molar-refractivity contribution is -0.118. The fourth-order valence-corrected chi connectivity index (χ4v) is 2.92. The maximum Gasteiger partial charge on any atom is 0.231 e. The van der Waals surface area contributed by atoms with E-state index in [1.54, 1.807) is 24.4 Å². The minimum absolute atomic E-state index is 0.00117. The number of benzene rings is 2. The Labute approximate surface area is 165 Å². The Morgan fingerprint density at radius 1 is 1.00 bits per heavy atom. The normalized spacial score (nSPS) is 10.4. The molecule has 28 heavy (non-hydrogen) atoms. The quantitative estimate of drug-likeness (QED) is 0.589. The molecule has 1 amide bonds. The number of pyridine rings is 1. The summed E-state index contributed by atoms with van der Waals surface area (Å²) in [5.74, 6) is 1.52. The molecule has 5 nitrogen and oxygen atoms in total. The van der Waals surface area contributed by atoms with Crippen LogP contribution in [0.25, 0.3) is 0 Å². The second-order valence-electron chi connectivity index (χ2n) is 6.30. The monoisotopic (exact) mass is 376 g/mol. The first-order valence-electron chi connectivity index (χ1n) is 9.24. The molecular weight excluding hydrogens is 352 g/mol. The van der Waals surface area contributed by atoms with Crippen molar-refractivity contribution >= 4 is 11.6 Å². The zero-order chi connectivity index (χ0) is 19.8. The van der Waals surface area contributed by atoms with Gasteiger partial charge in [0.05, 0.1) is 26.7 Å². The highest BCUT2D eigenvalue weighted by atomic mass is 16.5. The van der Waals surface area contributed by atoms with Gasteiger partial charge >= 0.3 is 0 Å². The van der Waals surface area contributed by atoms with Crippen molar-refractivity contribution in [3.05, 3.63) is 84.2 Å². The Hall–Kier alpha value is -3.34. The molecule has 0 bridgehead atoms. The number of methoxy groups -OCH3 is 1. The minimum atomic E-state index is 0.00117. The Kier molecular flexibility index (Phi) is 6.63. The van der Waals surface area contributed by atoms with E-state index in [4.69, 9.17) is 9.47 Å². The summed E-state index contributed by atoms with van der Waals surface area (Å²) in [7, 11) is 1.62. The lowest BCUT2D eigenvalue weighted by atomic mass is 10.1. The van der Waals surface area contributed by atoms with E-state index >= 15 is 0 Å². The molecule has 0 spiro atoms. The van der Waals surface area contributed by atoms with Crippen LogP contribution < -0.4 is 14.4 Å². The maximum absolute atomic E-state index is 13.2. The summed E-state index contributed by atoms with van der Waals surface area (Å²) in [6, 6.07) is 19.0. The van der Waals surface area contributed by atoms with Gasteiger partial charge in [0.2, 0.25) is 5.91 Å². The van der Waals surface area contributed by atoms with E-state index in [0.29, 0.717) is 25.3 Å². The average Bonchev–Trinajstić information content (AvgIpc) is 2.74. The van der Waals surface area contributed by atoms with Crippen molar-refractivity contribution in [1.29, 1.82) is 0 Å². The third kappa shape index (κ3) is 5.10. The lowest BCUT2D eigenvalue weighted by Gasteiger charge is -2.23. The molecule has 0 fully saturated rings. The molecule has 1 aromatic heterocycles. The molecule has 5 heteroatoms. The van der Waals surface area contributed by atoms with E-state index in [1.165, 1.54) is 0 Å². The molecular formula is C23H24N2O3. The molecule has 1 heterocycles. The van der Waals surface area contributed by atoms with E-state index in [9.17, 15) is 4.79 Å². The van der Waals surface area contributed by atoms with Gasteiger partial charge in [0.1, 0.15) is 11.5 Å². The maximum atomic E-state index is 13.2. The number of amides is 1. The first kappa shape index (κ1) is 19.4. The van der Waals surface area contributed by atoms with E-state index in [1.807, 2.05) is 67.6 Å². The molecule has 0 saturated carbocycles. The van der Waals surface area contributed by atoms with Crippen LogP contribution in [0, 0.1) is 0 Å². The van der Waals surface area contributed by atoms with Crippen molar-refractivity contribution in [3.8, 4) is 11.5 Å². The van der Waals surface area contributed by atoms with Crippen LogP contribution in [0.5, 0.6) is 11.5 Å². The fourth-order valence-electron chi connectivity index (χ4n) is 2.92. The van der Waals surface area contributed by atoms with Crippen molar-refractivity contribution < 1.29 is 14.3 Å². The molecule has 0 saturated heterocycles. The van der Waals surface area contributed by atoms with Gasteiger partial charge in [-0.25, -0.2) is 0 Å². The summed E-state index contributed by atoms with van der Waals surface area (Å²) in [6.07, 6.45) is 3.79. The SMILES string of the molecule is CCOc1ccc(CC(=O)N(Cc2cccnc2)c2cccc(OC)c2)cc1. The molecule has 144 valence electrons. The van der Waals surface area contributed by atoms with Crippen molar-refractivity contribution in [2.75, 3.05) is 18.6 Å². The molecule has 0 radical (unpaired) electrons. The van der Waals surface area contributed by atoms with Crippen LogP contribution in [-0.2, 0) is 17.8 Å². The first-order valence-corrected chi connectivity index (χ1v) is 9.24. The molecule has 0 N–H and O–H groups in total. The Morgan fingerprint density at radius 3 is 2.50 bits per heavy atom. The standard InChI is InChI=1S/C23H24N2O3/c1-3-28-21-11-9-18(10-12-21)14-23(26)25(17-19-6-5-13-24-16-19)20-7-4-8-22(15-20)27-2/h4-13,15-16H,3,14,17H2,1-2H3. The number of ether oxygens (including phenoxy) is 2. The largest absolute Gasteiger partial charge is 0.497 e. The van der Waals surface area contributed by atoms with Crippen molar-refractivity contribution in [2.45, 2.75) is 19.9 Å². The zero-order valence-corrected chi connectivity index (χ0v) is 16.2. The van der Waals surface area contributed by atoms with E-state index in [-0.39, 0.29) is 5.91 Å². The van der Waals surface area contributed by atoms with Crippen LogP contribution >= 0.6 is 0 Å². The van der Waals surface area contributed by atoms with E-state index in [2.05, 4.69) is 4.98 Å². The Bertz CT molecular complexity index is 895. The average molecular weight is 376 g/mol. The topological polar surface area (TPSA) is 51.7 Å². The van der Waals surface area contributed by atoms with E-state index < -0.39 is 0 Å². The van der Waals surface area contributed by atoms with Gasteiger partial charge < -0.3 is 14.4 Å². The molecule has 0 unspecified atom stereocenters. The summed E-state index contributed by atoms with van der Waals surface area (Å²) in [6.45, 7) is 3.01.